The van der Waals surface area contributed by atoms with Crippen LogP contribution in [0.3, 0.4) is 0 Å². The van der Waals surface area contributed by atoms with E-state index in [0.29, 0.717) is 30.3 Å². The molecule has 2 heterocycles. The minimum absolute atomic E-state index is 0.277. The summed E-state index contributed by atoms with van der Waals surface area (Å²) in [5.41, 5.74) is 3.86. The Balaban J connectivity index is 1.58. The first-order chi connectivity index (χ1) is 17.9. The predicted molar refractivity (Wildman–Crippen MR) is 146 cm³/mol. The molecule has 0 aliphatic heterocycles. The van der Waals surface area contributed by atoms with Crippen LogP contribution < -0.4 is 10.1 Å². The number of carbonyl (C=O) groups excluding carboxylic acids is 1. The van der Waals surface area contributed by atoms with E-state index in [0.717, 1.165) is 27.6 Å². The Morgan fingerprint density at radius 1 is 0.919 bits per heavy atom. The van der Waals surface area contributed by atoms with Gasteiger partial charge in [-0.25, -0.2) is 0 Å². The van der Waals surface area contributed by atoms with E-state index in [1.54, 1.807) is 38.4 Å². The average Bonchev–Trinajstić information content (AvgIpc) is 3.21. The van der Waals surface area contributed by atoms with Crippen molar-refractivity contribution in [3.63, 3.8) is 0 Å². The number of aliphatic hydroxyl groups is 1. The van der Waals surface area contributed by atoms with Crippen molar-refractivity contribution < 1.29 is 14.6 Å². The highest BCUT2D eigenvalue weighted by molar-refractivity contribution is 6.10. The molecule has 6 heteroatoms. The monoisotopic (exact) mass is 491 g/mol. The minimum Gasteiger partial charge on any atom is -0.486 e. The number of para-hydroxylation sites is 1. The van der Waals surface area contributed by atoms with E-state index >= 15 is 0 Å². The first-order valence-electron chi connectivity index (χ1n) is 12.2. The van der Waals surface area contributed by atoms with Crippen LogP contribution >= 0.6 is 0 Å². The molecule has 37 heavy (non-hydrogen) atoms. The highest BCUT2D eigenvalue weighted by atomic mass is 16.5. The molecule has 3 aromatic carbocycles. The van der Waals surface area contributed by atoms with E-state index in [2.05, 4.69) is 10.3 Å². The zero-order chi connectivity index (χ0) is 25.8. The second-order valence-electron chi connectivity index (χ2n) is 9.51. The Bertz CT molecular complexity index is 1500. The van der Waals surface area contributed by atoms with Crippen LogP contribution in [0, 0.1) is 0 Å². The molecule has 0 fully saturated rings. The van der Waals surface area contributed by atoms with Gasteiger partial charge in [-0.15, -0.1) is 0 Å². The number of anilines is 1. The number of rotatable bonds is 8. The molecule has 0 saturated carbocycles. The van der Waals surface area contributed by atoms with Crippen LogP contribution in [0.5, 0.6) is 5.75 Å². The molecule has 186 valence electrons. The van der Waals surface area contributed by atoms with Crippen LogP contribution in [-0.2, 0) is 18.8 Å². The topological polar surface area (TPSA) is 76.4 Å². The fourth-order valence-electron chi connectivity index (χ4n) is 4.36. The summed E-state index contributed by atoms with van der Waals surface area (Å²) in [5.74, 6) is 0.259. The summed E-state index contributed by atoms with van der Waals surface area (Å²) in [4.78, 5) is 17.9. The van der Waals surface area contributed by atoms with E-state index in [9.17, 15) is 9.90 Å². The van der Waals surface area contributed by atoms with Gasteiger partial charge in [0, 0.05) is 18.1 Å². The maximum atomic E-state index is 13.7. The second-order valence-corrected chi connectivity index (χ2v) is 9.51. The summed E-state index contributed by atoms with van der Waals surface area (Å²) in [6.07, 6.45) is 3.28. The van der Waals surface area contributed by atoms with Crippen molar-refractivity contribution in [1.82, 2.24) is 9.55 Å². The summed E-state index contributed by atoms with van der Waals surface area (Å²) in [5, 5.41) is 14.2. The van der Waals surface area contributed by atoms with E-state index in [1.165, 1.54) is 0 Å². The standard InChI is InChI=1S/C31H29N3O3/c1-31(2,36)24-16-14-22(15-17-24)20-34-27-13-7-6-12-26(27)29(37-21-23-9-4-3-5-10-23)28(34)30(35)33-25-11-8-18-32-19-25/h3-19,36H,20-21H2,1-2H3,(H,33,35). The van der Waals surface area contributed by atoms with Crippen molar-refractivity contribution >= 4 is 22.5 Å². The van der Waals surface area contributed by atoms with Gasteiger partial charge in [0.2, 0.25) is 0 Å². The van der Waals surface area contributed by atoms with Gasteiger partial charge in [0.05, 0.1) is 23.0 Å². The van der Waals surface area contributed by atoms with Crippen LogP contribution in [0.2, 0.25) is 0 Å². The molecule has 6 nitrogen and oxygen atoms in total. The van der Waals surface area contributed by atoms with Gasteiger partial charge in [-0.05, 0) is 54.8 Å². The molecule has 0 aliphatic carbocycles. The lowest BCUT2D eigenvalue weighted by Gasteiger charge is -2.18. The van der Waals surface area contributed by atoms with Gasteiger partial charge < -0.3 is 19.7 Å². The molecule has 0 radical (unpaired) electrons. The number of nitrogens with zero attached hydrogens (tertiary/aromatic N) is 2. The number of carbonyl (C=O) groups is 1. The first kappa shape index (κ1) is 24.3. The fraction of sp³-hybridized carbons (Fsp3) is 0.161. The van der Waals surface area contributed by atoms with E-state index in [4.69, 9.17) is 4.74 Å². The van der Waals surface area contributed by atoms with Crippen molar-refractivity contribution in [3.8, 4) is 5.75 Å². The molecule has 0 aliphatic rings. The van der Waals surface area contributed by atoms with Crippen LogP contribution in [0.1, 0.15) is 41.0 Å². The zero-order valence-electron chi connectivity index (χ0n) is 20.9. The van der Waals surface area contributed by atoms with Gasteiger partial charge in [-0.1, -0.05) is 66.7 Å². The van der Waals surface area contributed by atoms with Gasteiger partial charge in [0.1, 0.15) is 6.61 Å². The molecular weight excluding hydrogens is 462 g/mol. The van der Waals surface area contributed by atoms with Crippen LogP contribution in [-0.4, -0.2) is 20.6 Å². The van der Waals surface area contributed by atoms with E-state index in [-0.39, 0.29) is 5.91 Å². The van der Waals surface area contributed by atoms with Crippen molar-refractivity contribution in [2.75, 3.05) is 5.32 Å². The molecule has 2 N–H and O–H groups in total. The highest BCUT2D eigenvalue weighted by Crippen LogP contribution is 2.35. The number of hydrogen-bond donors (Lipinski definition) is 2. The summed E-state index contributed by atoms with van der Waals surface area (Å²) >= 11 is 0. The van der Waals surface area contributed by atoms with Gasteiger partial charge >= 0.3 is 0 Å². The van der Waals surface area contributed by atoms with E-state index in [1.807, 2.05) is 83.4 Å². The summed E-state index contributed by atoms with van der Waals surface area (Å²) in [6, 6.07) is 29.2. The second kappa shape index (κ2) is 10.3. The molecular formula is C31H29N3O3. The number of benzene rings is 3. The fourth-order valence-corrected chi connectivity index (χ4v) is 4.36. The summed E-state index contributed by atoms with van der Waals surface area (Å²) in [7, 11) is 0. The molecule has 5 rings (SSSR count). The Hall–Kier alpha value is -4.42. The normalized spacial score (nSPS) is 11.4. The number of fused-ring (bicyclic) bond motifs is 1. The number of ether oxygens (including phenoxy) is 1. The summed E-state index contributed by atoms with van der Waals surface area (Å²) in [6.45, 7) is 4.32. The van der Waals surface area contributed by atoms with Crippen LogP contribution in [0.15, 0.2) is 103 Å². The minimum atomic E-state index is -0.925. The Kier molecular flexibility index (Phi) is 6.75. The third-order valence-electron chi connectivity index (χ3n) is 6.29. The van der Waals surface area contributed by atoms with Gasteiger partial charge in [0.15, 0.2) is 11.4 Å². The number of amides is 1. The number of nitrogens with one attached hydrogen (secondary N) is 1. The molecule has 0 bridgehead atoms. The molecule has 0 saturated heterocycles. The lowest BCUT2D eigenvalue weighted by molar-refractivity contribution is 0.0786. The largest absolute Gasteiger partial charge is 0.486 e. The first-order valence-corrected chi connectivity index (χ1v) is 12.2. The third kappa shape index (κ3) is 5.39. The molecule has 5 aromatic rings. The maximum absolute atomic E-state index is 13.7. The molecule has 0 spiro atoms. The Labute approximate surface area is 216 Å². The number of pyridine rings is 1. The Morgan fingerprint density at radius 2 is 1.65 bits per heavy atom. The van der Waals surface area contributed by atoms with Crippen molar-refractivity contribution in [2.24, 2.45) is 0 Å². The maximum Gasteiger partial charge on any atom is 0.276 e. The van der Waals surface area contributed by atoms with Gasteiger partial charge in [0.25, 0.3) is 5.91 Å². The zero-order valence-corrected chi connectivity index (χ0v) is 20.9. The SMILES string of the molecule is CC(C)(O)c1ccc(Cn2c(C(=O)Nc3cccnc3)c(OCc3ccccc3)c3ccccc32)cc1. The Morgan fingerprint density at radius 3 is 2.35 bits per heavy atom. The number of hydrogen-bond acceptors (Lipinski definition) is 4. The molecule has 0 unspecified atom stereocenters. The van der Waals surface area contributed by atoms with Gasteiger partial charge in [-0.2, -0.15) is 0 Å². The van der Waals surface area contributed by atoms with Crippen LogP contribution in [0.4, 0.5) is 5.69 Å². The molecule has 0 atom stereocenters. The van der Waals surface area contributed by atoms with Crippen molar-refractivity contribution in [3.05, 3.63) is 126 Å². The number of aromatic nitrogens is 2. The molecule has 1 amide bonds. The van der Waals surface area contributed by atoms with E-state index < -0.39 is 5.60 Å². The third-order valence-corrected chi connectivity index (χ3v) is 6.29. The lowest BCUT2D eigenvalue weighted by atomic mass is 9.97. The average molecular weight is 492 g/mol. The van der Waals surface area contributed by atoms with Crippen LogP contribution in [0.25, 0.3) is 10.9 Å². The smallest absolute Gasteiger partial charge is 0.276 e. The summed E-state index contributed by atoms with van der Waals surface area (Å²) < 4.78 is 8.33. The van der Waals surface area contributed by atoms with Crippen molar-refractivity contribution in [2.45, 2.75) is 32.6 Å². The lowest BCUT2D eigenvalue weighted by Crippen LogP contribution is -2.19. The quantitative estimate of drug-likeness (QED) is 0.273. The predicted octanol–water partition coefficient (Wildman–Crippen LogP) is 6.14. The highest BCUT2D eigenvalue weighted by Gasteiger charge is 2.25. The van der Waals surface area contributed by atoms with Gasteiger partial charge in [-0.3, -0.25) is 9.78 Å². The van der Waals surface area contributed by atoms with Crippen molar-refractivity contribution in [1.29, 1.82) is 0 Å². The molecule has 2 aromatic heterocycles.